The summed E-state index contributed by atoms with van der Waals surface area (Å²) in [5.41, 5.74) is 10.0. The Kier molecular flexibility index (Phi) is 3.67. The van der Waals surface area contributed by atoms with Crippen LogP contribution in [0.3, 0.4) is 0 Å². The summed E-state index contributed by atoms with van der Waals surface area (Å²) >= 11 is 0. The van der Waals surface area contributed by atoms with Gasteiger partial charge in [-0.15, -0.1) is 0 Å². The summed E-state index contributed by atoms with van der Waals surface area (Å²) in [7, 11) is 1.50. The number of hydrogen-bond donors (Lipinski definition) is 2. The summed E-state index contributed by atoms with van der Waals surface area (Å²) in [4.78, 5) is 11.7. The van der Waals surface area contributed by atoms with E-state index >= 15 is 0 Å². The molecule has 88 valence electrons. The van der Waals surface area contributed by atoms with Crippen LogP contribution in [0.15, 0.2) is 12.1 Å². The van der Waals surface area contributed by atoms with Gasteiger partial charge in [-0.2, -0.15) is 0 Å². The Labute approximate surface area is 96.2 Å². The number of nitrogens with zero attached hydrogens (tertiary/aromatic N) is 1. The number of likely N-dealkylation sites (N-methyl/N-ethyl adjacent to an activating group) is 1. The molecular formula is C12H19N3O. The number of amides is 1. The molecule has 0 saturated heterocycles. The van der Waals surface area contributed by atoms with Gasteiger partial charge < -0.3 is 5.73 Å². The monoisotopic (exact) mass is 221 g/mol. The molecule has 1 atom stereocenters. The largest absolute Gasteiger partial charge is 0.316 e. The highest BCUT2D eigenvalue weighted by Gasteiger charge is 2.21. The Balaban J connectivity index is 3.18. The van der Waals surface area contributed by atoms with Gasteiger partial charge >= 0.3 is 0 Å². The fourth-order valence-electron chi connectivity index (χ4n) is 2.02. The van der Waals surface area contributed by atoms with Gasteiger partial charge in [-0.05, 0) is 37.5 Å². The van der Waals surface area contributed by atoms with E-state index in [4.69, 9.17) is 11.6 Å². The maximum Gasteiger partial charge on any atom is 0.257 e. The highest BCUT2D eigenvalue weighted by atomic mass is 16.2. The van der Waals surface area contributed by atoms with Crippen LogP contribution in [-0.4, -0.2) is 18.0 Å². The normalized spacial score (nSPS) is 12.4. The Morgan fingerprint density at radius 3 is 2.06 bits per heavy atom. The number of carbonyl (C=O) groups excluding carboxylic acids is 1. The Hall–Kier alpha value is -1.39. The molecule has 0 saturated carbocycles. The van der Waals surface area contributed by atoms with Crippen LogP contribution < -0.4 is 11.6 Å². The maximum absolute atomic E-state index is 11.7. The Morgan fingerprint density at radius 2 is 1.69 bits per heavy atom. The molecule has 0 bridgehead atoms. The molecule has 4 nitrogen and oxygen atoms in total. The molecule has 0 aliphatic carbocycles. The zero-order valence-corrected chi connectivity index (χ0v) is 10.2. The number of nitrogens with two attached hydrogens (primary N) is 2. The van der Waals surface area contributed by atoms with Crippen molar-refractivity contribution >= 4 is 5.91 Å². The summed E-state index contributed by atoms with van der Waals surface area (Å²) < 4.78 is 0. The third-order valence-corrected chi connectivity index (χ3v) is 2.66. The molecule has 4 heteroatoms. The number of benzene rings is 1. The van der Waals surface area contributed by atoms with Crippen molar-refractivity contribution in [3.63, 3.8) is 0 Å². The van der Waals surface area contributed by atoms with Gasteiger partial charge in [0.1, 0.15) is 6.04 Å². The van der Waals surface area contributed by atoms with Crippen LogP contribution in [0.4, 0.5) is 0 Å². The first kappa shape index (κ1) is 12.7. The average molecular weight is 221 g/mol. The molecule has 0 aromatic heterocycles. The fourth-order valence-corrected chi connectivity index (χ4v) is 2.02. The number of aryl methyl sites for hydroxylation is 3. The lowest BCUT2D eigenvalue weighted by atomic mass is 9.94. The van der Waals surface area contributed by atoms with Crippen LogP contribution in [0.5, 0.6) is 0 Å². The third-order valence-electron chi connectivity index (χ3n) is 2.66. The fraction of sp³-hybridized carbons (Fsp3) is 0.417. The first-order chi connectivity index (χ1) is 7.34. The summed E-state index contributed by atoms with van der Waals surface area (Å²) in [5.74, 6) is 5.13. The summed E-state index contributed by atoms with van der Waals surface area (Å²) in [6.07, 6.45) is 0. The van der Waals surface area contributed by atoms with Crippen molar-refractivity contribution < 1.29 is 4.79 Å². The SMILES string of the molecule is Cc1cc(C)c(C(N)C(=O)N(C)N)c(C)c1. The van der Waals surface area contributed by atoms with Crippen molar-refractivity contribution in [2.24, 2.45) is 11.6 Å². The minimum absolute atomic E-state index is 0.282. The lowest BCUT2D eigenvalue weighted by Gasteiger charge is -2.20. The lowest BCUT2D eigenvalue weighted by Crippen LogP contribution is -2.40. The highest BCUT2D eigenvalue weighted by Crippen LogP contribution is 2.22. The van der Waals surface area contributed by atoms with Gasteiger partial charge in [-0.3, -0.25) is 9.80 Å². The van der Waals surface area contributed by atoms with Gasteiger partial charge in [0, 0.05) is 7.05 Å². The van der Waals surface area contributed by atoms with E-state index < -0.39 is 6.04 Å². The van der Waals surface area contributed by atoms with E-state index in [1.165, 1.54) is 12.6 Å². The van der Waals surface area contributed by atoms with Crippen LogP contribution in [0.2, 0.25) is 0 Å². The van der Waals surface area contributed by atoms with Gasteiger partial charge in [-0.1, -0.05) is 17.7 Å². The molecule has 1 rings (SSSR count). The van der Waals surface area contributed by atoms with Gasteiger partial charge in [0.05, 0.1) is 0 Å². The van der Waals surface area contributed by atoms with Crippen LogP contribution in [-0.2, 0) is 4.79 Å². The van der Waals surface area contributed by atoms with Crippen molar-refractivity contribution in [1.82, 2.24) is 5.01 Å². The predicted octanol–water partition coefficient (Wildman–Crippen LogP) is 0.944. The molecule has 4 N–H and O–H groups in total. The third kappa shape index (κ3) is 2.40. The molecule has 0 aliphatic rings. The maximum atomic E-state index is 11.7. The zero-order chi connectivity index (χ0) is 12.5. The van der Waals surface area contributed by atoms with Crippen LogP contribution >= 0.6 is 0 Å². The molecule has 0 aliphatic heterocycles. The van der Waals surface area contributed by atoms with E-state index in [2.05, 4.69) is 0 Å². The van der Waals surface area contributed by atoms with Crippen molar-refractivity contribution in [1.29, 1.82) is 0 Å². The molecule has 1 aromatic carbocycles. The second-order valence-electron chi connectivity index (χ2n) is 4.24. The van der Waals surface area contributed by atoms with E-state index in [9.17, 15) is 4.79 Å². The number of hydrogen-bond acceptors (Lipinski definition) is 3. The van der Waals surface area contributed by atoms with Gasteiger partial charge in [-0.25, -0.2) is 5.84 Å². The predicted molar refractivity (Wildman–Crippen MR) is 64.5 cm³/mol. The zero-order valence-electron chi connectivity index (χ0n) is 10.2. The summed E-state index contributed by atoms with van der Waals surface area (Å²) in [5, 5.41) is 1.03. The number of carbonyl (C=O) groups is 1. The van der Waals surface area contributed by atoms with E-state index in [0.717, 1.165) is 21.7 Å². The average Bonchev–Trinajstić information content (AvgIpc) is 2.14. The molecule has 0 heterocycles. The quantitative estimate of drug-likeness (QED) is 0.443. The standard InChI is InChI=1S/C12H19N3O/c1-7-5-8(2)10(9(3)6-7)11(13)12(16)15(4)14/h5-6,11H,13-14H2,1-4H3. The highest BCUT2D eigenvalue weighted by molar-refractivity contribution is 5.83. The molecule has 1 unspecified atom stereocenters. The Bertz CT molecular complexity index is 390. The van der Waals surface area contributed by atoms with E-state index in [1.54, 1.807) is 0 Å². The topological polar surface area (TPSA) is 72.4 Å². The van der Waals surface area contributed by atoms with Gasteiger partial charge in [0.2, 0.25) is 0 Å². The first-order valence-electron chi connectivity index (χ1n) is 5.20. The van der Waals surface area contributed by atoms with Crippen molar-refractivity contribution in [3.8, 4) is 0 Å². The summed E-state index contributed by atoms with van der Waals surface area (Å²) in [6, 6.07) is 3.36. The molecule has 0 fully saturated rings. The van der Waals surface area contributed by atoms with Crippen molar-refractivity contribution in [3.05, 3.63) is 34.4 Å². The first-order valence-corrected chi connectivity index (χ1v) is 5.20. The second kappa shape index (κ2) is 4.63. The molecule has 1 amide bonds. The molecule has 1 aromatic rings. The van der Waals surface area contributed by atoms with Crippen LogP contribution in [0.25, 0.3) is 0 Å². The Morgan fingerprint density at radius 1 is 1.25 bits per heavy atom. The van der Waals surface area contributed by atoms with Crippen molar-refractivity contribution in [2.45, 2.75) is 26.8 Å². The van der Waals surface area contributed by atoms with E-state index in [0.29, 0.717) is 0 Å². The van der Waals surface area contributed by atoms with Crippen LogP contribution in [0, 0.1) is 20.8 Å². The van der Waals surface area contributed by atoms with Crippen molar-refractivity contribution in [2.75, 3.05) is 7.05 Å². The lowest BCUT2D eigenvalue weighted by molar-refractivity contribution is -0.131. The minimum atomic E-state index is -0.685. The smallest absolute Gasteiger partial charge is 0.257 e. The molecule has 16 heavy (non-hydrogen) atoms. The number of hydrazine groups is 1. The number of rotatable bonds is 2. The van der Waals surface area contributed by atoms with Gasteiger partial charge in [0.15, 0.2) is 0 Å². The van der Waals surface area contributed by atoms with Gasteiger partial charge in [0.25, 0.3) is 5.91 Å². The van der Waals surface area contributed by atoms with Crippen LogP contribution in [0.1, 0.15) is 28.3 Å². The molecular weight excluding hydrogens is 202 g/mol. The van der Waals surface area contributed by atoms with E-state index in [-0.39, 0.29) is 5.91 Å². The molecule has 0 radical (unpaired) electrons. The molecule has 0 spiro atoms. The van der Waals surface area contributed by atoms with E-state index in [1.807, 2.05) is 32.9 Å². The minimum Gasteiger partial charge on any atom is -0.316 e. The second-order valence-corrected chi connectivity index (χ2v) is 4.24. The summed E-state index contributed by atoms with van der Waals surface area (Å²) in [6.45, 7) is 5.93.